The lowest BCUT2D eigenvalue weighted by Crippen LogP contribution is -2.37. The molecule has 82 valence electrons. The Bertz CT molecular complexity index is 345. The van der Waals surface area contributed by atoms with Crippen LogP contribution in [0.2, 0.25) is 0 Å². The zero-order chi connectivity index (χ0) is 10.7. The average molecular weight is 211 g/mol. The first-order chi connectivity index (χ1) is 7.25. The van der Waals surface area contributed by atoms with Crippen LogP contribution in [0.1, 0.15) is 19.3 Å². The van der Waals surface area contributed by atoms with Gasteiger partial charge in [0.1, 0.15) is 0 Å². The summed E-state index contributed by atoms with van der Waals surface area (Å²) in [6, 6.07) is 0.339. The van der Waals surface area contributed by atoms with E-state index in [1.54, 1.807) is 0 Å². The highest BCUT2D eigenvalue weighted by Crippen LogP contribution is 2.09. The first-order valence-electron chi connectivity index (χ1n) is 5.03. The van der Waals surface area contributed by atoms with Gasteiger partial charge in [-0.05, 0) is 24.3 Å². The Balaban J connectivity index is 1.94. The van der Waals surface area contributed by atoms with Crippen molar-refractivity contribution in [1.82, 2.24) is 20.3 Å². The fraction of sp³-hybridized carbons (Fsp3) is 0.750. The zero-order valence-corrected chi connectivity index (χ0v) is 8.30. The third kappa shape index (κ3) is 2.50. The molecular formula is C8H13N5O2. The lowest BCUT2D eigenvalue weighted by molar-refractivity contribution is -0.389. The van der Waals surface area contributed by atoms with Crippen molar-refractivity contribution < 1.29 is 4.92 Å². The standard InChI is InChI=1S/C8H13N5O2/c14-13(15)8-5-10-12(11-8)6-7-3-1-2-4-9-7/h5,7,9H,1-4,6H2. The smallest absolute Gasteiger partial charge is 0.358 e. The second-order valence-corrected chi connectivity index (χ2v) is 3.66. The Morgan fingerprint density at radius 1 is 1.67 bits per heavy atom. The van der Waals surface area contributed by atoms with Gasteiger partial charge in [0.15, 0.2) is 6.20 Å². The summed E-state index contributed by atoms with van der Waals surface area (Å²) in [7, 11) is 0. The average Bonchev–Trinajstić information content (AvgIpc) is 2.68. The fourth-order valence-electron chi connectivity index (χ4n) is 1.74. The van der Waals surface area contributed by atoms with Gasteiger partial charge in [0.25, 0.3) is 0 Å². The van der Waals surface area contributed by atoms with Gasteiger partial charge >= 0.3 is 5.82 Å². The monoisotopic (exact) mass is 211 g/mol. The highest BCUT2D eigenvalue weighted by atomic mass is 16.6. The van der Waals surface area contributed by atoms with Gasteiger partial charge in [-0.15, -0.1) is 5.10 Å². The van der Waals surface area contributed by atoms with Crippen molar-refractivity contribution in [3.8, 4) is 0 Å². The molecule has 0 aliphatic carbocycles. The summed E-state index contributed by atoms with van der Waals surface area (Å²) in [6.07, 6.45) is 4.66. The summed E-state index contributed by atoms with van der Waals surface area (Å²) in [5.74, 6) is -0.189. The van der Waals surface area contributed by atoms with Crippen LogP contribution in [0.25, 0.3) is 0 Å². The van der Waals surface area contributed by atoms with E-state index < -0.39 is 4.92 Å². The van der Waals surface area contributed by atoms with E-state index in [1.165, 1.54) is 23.8 Å². The number of aromatic nitrogens is 3. The predicted octanol–water partition coefficient (Wildman–Crippen LogP) is 0.328. The molecule has 0 amide bonds. The van der Waals surface area contributed by atoms with Crippen molar-refractivity contribution in [2.45, 2.75) is 31.8 Å². The van der Waals surface area contributed by atoms with E-state index in [9.17, 15) is 10.1 Å². The van der Waals surface area contributed by atoms with Crippen LogP contribution in [0.15, 0.2) is 6.20 Å². The molecule has 1 atom stereocenters. The summed E-state index contributed by atoms with van der Waals surface area (Å²) < 4.78 is 0. The summed E-state index contributed by atoms with van der Waals surface area (Å²) in [5.41, 5.74) is 0. The Morgan fingerprint density at radius 3 is 3.13 bits per heavy atom. The van der Waals surface area contributed by atoms with Crippen molar-refractivity contribution in [2.24, 2.45) is 0 Å². The Kier molecular flexibility index (Phi) is 2.91. The molecule has 1 aliphatic rings. The fourth-order valence-corrected chi connectivity index (χ4v) is 1.74. The Morgan fingerprint density at radius 2 is 2.53 bits per heavy atom. The SMILES string of the molecule is O=[N+]([O-])c1cnn(CC2CCCCN2)n1. The highest BCUT2D eigenvalue weighted by molar-refractivity contribution is 5.08. The van der Waals surface area contributed by atoms with Gasteiger partial charge in [-0.2, -0.15) is 0 Å². The van der Waals surface area contributed by atoms with Crippen LogP contribution >= 0.6 is 0 Å². The molecule has 0 saturated carbocycles. The maximum atomic E-state index is 10.4. The molecule has 2 rings (SSSR count). The van der Waals surface area contributed by atoms with E-state index in [0.717, 1.165) is 13.0 Å². The van der Waals surface area contributed by atoms with Crippen LogP contribution in [0.3, 0.4) is 0 Å². The predicted molar refractivity (Wildman–Crippen MR) is 52.3 cm³/mol. The summed E-state index contributed by atoms with van der Waals surface area (Å²) >= 11 is 0. The summed E-state index contributed by atoms with van der Waals surface area (Å²) in [4.78, 5) is 11.2. The molecule has 1 unspecified atom stereocenters. The minimum atomic E-state index is -0.530. The van der Waals surface area contributed by atoms with Crippen LogP contribution in [0.4, 0.5) is 5.82 Å². The molecule has 0 radical (unpaired) electrons. The molecule has 1 fully saturated rings. The number of nitro groups is 1. The Labute approximate surface area is 86.6 Å². The maximum absolute atomic E-state index is 10.4. The lowest BCUT2D eigenvalue weighted by atomic mass is 10.1. The van der Waals surface area contributed by atoms with Crippen molar-refractivity contribution >= 4 is 5.82 Å². The second kappa shape index (κ2) is 4.35. The van der Waals surface area contributed by atoms with Crippen molar-refractivity contribution in [1.29, 1.82) is 0 Å². The third-order valence-electron chi connectivity index (χ3n) is 2.51. The van der Waals surface area contributed by atoms with E-state index in [1.807, 2.05) is 0 Å². The maximum Gasteiger partial charge on any atom is 0.410 e. The molecule has 15 heavy (non-hydrogen) atoms. The first kappa shape index (κ1) is 10.0. The number of nitrogens with one attached hydrogen (secondary N) is 1. The van der Waals surface area contributed by atoms with E-state index >= 15 is 0 Å². The number of piperidine rings is 1. The molecule has 0 bridgehead atoms. The molecular weight excluding hydrogens is 198 g/mol. The van der Waals surface area contributed by atoms with E-state index in [0.29, 0.717) is 12.6 Å². The van der Waals surface area contributed by atoms with Crippen molar-refractivity contribution in [3.05, 3.63) is 16.3 Å². The van der Waals surface area contributed by atoms with E-state index in [4.69, 9.17) is 0 Å². The number of nitrogens with zero attached hydrogens (tertiary/aromatic N) is 4. The third-order valence-corrected chi connectivity index (χ3v) is 2.51. The molecule has 1 aliphatic heterocycles. The normalized spacial score (nSPS) is 21.5. The van der Waals surface area contributed by atoms with Gasteiger partial charge in [-0.3, -0.25) is 0 Å². The van der Waals surface area contributed by atoms with Gasteiger partial charge in [-0.1, -0.05) is 11.2 Å². The van der Waals surface area contributed by atoms with Crippen LogP contribution in [-0.2, 0) is 6.54 Å². The topological polar surface area (TPSA) is 85.9 Å². The largest absolute Gasteiger partial charge is 0.410 e. The van der Waals surface area contributed by atoms with Crippen LogP contribution in [0.5, 0.6) is 0 Å². The summed E-state index contributed by atoms with van der Waals surface area (Å²) in [5, 5.41) is 21.3. The second-order valence-electron chi connectivity index (χ2n) is 3.66. The van der Waals surface area contributed by atoms with E-state index in [2.05, 4.69) is 15.5 Å². The van der Waals surface area contributed by atoms with Gasteiger partial charge in [-0.25, -0.2) is 0 Å². The van der Waals surface area contributed by atoms with Crippen LogP contribution < -0.4 is 5.32 Å². The first-order valence-corrected chi connectivity index (χ1v) is 5.03. The van der Waals surface area contributed by atoms with Crippen LogP contribution in [0, 0.1) is 10.1 Å². The molecule has 0 aromatic carbocycles. The number of hydrogen-bond donors (Lipinski definition) is 1. The molecule has 1 aromatic rings. The van der Waals surface area contributed by atoms with Crippen LogP contribution in [-0.4, -0.2) is 32.5 Å². The molecule has 1 N–H and O–H groups in total. The molecule has 7 heteroatoms. The van der Waals surface area contributed by atoms with E-state index in [-0.39, 0.29) is 5.82 Å². The zero-order valence-electron chi connectivity index (χ0n) is 8.30. The molecule has 1 saturated heterocycles. The molecule has 0 spiro atoms. The molecule has 1 aromatic heterocycles. The summed E-state index contributed by atoms with van der Waals surface area (Å²) in [6.45, 7) is 1.61. The van der Waals surface area contributed by atoms with Gasteiger partial charge in [0.05, 0.1) is 11.6 Å². The minimum absolute atomic E-state index is 0.189. The number of hydrogen-bond acceptors (Lipinski definition) is 5. The minimum Gasteiger partial charge on any atom is -0.358 e. The highest BCUT2D eigenvalue weighted by Gasteiger charge is 2.18. The Hall–Kier alpha value is -1.50. The number of rotatable bonds is 3. The van der Waals surface area contributed by atoms with Gasteiger partial charge in [0, 0.05) is 6.04 Å². The lowest BCUT2D eigenvalue weighted by Gasteiger charge is -2.21. The molecule has 2 heterocycles. The van der Waals surface area contributed by atoms with Crippen molar-refractivity contribution in [2.75, 3.05) is 6.54 Å². The van der Waals surface area contributed by atoms with Gasteiger partial charge < -0.3 is 15.4 Å². The quantitative estimate of drug-likeness (QED) is 0.575. The van der Waals surface area contributed by atoms with Crippen molar-refractivity contribution in [3.63, 3.8) is 0 Å². The molecule has 7 nitrogen and oxygen atoms in total. The van der Waals surface area contributed by atoms with Gasteiger partial charge in [0.2, 0.25) is 0 Å².